The second kappa shape index (κ2) is 10.2. The van der Waals surface area contributed by atoms with Crippen LogP contribution in [0, 0.1) is 0 Å². The number of fused-ring (bicyclic) bond motifs is 1. The molecular weight excluding hydrogens is 459 g/mol. The Hall–Kier alpha value is -0.910. The average molecular weight is 492 g/mol. The van der Waals surface area contributed by atoms with Crippen LogP contribution in [0.2, 0.25) is 0 Å². The Morgan fingerprint density at radius 1 is 0.750 bits per heavy atom. The largest absolute Gasteiger partial charge is 0.488 e. The molecule has 0 N–H and O–H groups in total. The Labute approximate surface area is 183 Å². The summed E-state index contributed by atoms with van der Waals surface area (Å²) in [5.74, 6) is 1.60. The third-order valence-electron chi connectivity index (χ3n) is 6.54. The molecule has 28 heavy (non-hydrogen) atoms. The molecule has 152 valence electrons. The molecule has 3 nitrogen and oxygen atoms in total. The monoisotopic (exact) mass is 492 g/mol. The number of hydrogen-bond donors (Lipinski definition) is 0. The van der Waals surface area contributed by atoms with E-state index in [1.807, 2.05) is 6.20 Å². The van der Waals surface area contributed by atoms with E-state index in [0.717, 1.165) is 33.5 Å². The molecule has 2 aliphatic rings. The van der Waals surface area contributed by atoms with Crippen molar-refractivity contribution in [3.05, 3.63) is 30.1 Å². The summed E-state index contributed by atoms with van der Waals surface area (Å²) >= 11 is 2.58. The smallest absolute Gasteiger partial charge is 0.147 e. The number of benzene rings is 1. The van der Waals surface area contributed by atoms with Gasteiger partial charge in [0.15, 0.2) is 0 Å². The van der Waals surface area contributed by atoms with Gasteiger partial charge in [-0.2, -0.15) is 0 Å². The van der Waals surface area contributed by atoms with Crippen molar-refractivity contribution in [3.8, 4) is 5.75 Å². The van der Waals surface area contributed by atoms with Crippen molar-refractivity contribution >= 4 is 33.6 Å². The number of hydrogen-bond acceptors (Lipinski definition) is 3. The molecule has 0 atom stereocenters. The van der Waals surface area contributed by atoms with Gasteiger partial charge in [0.05, 0.1) is 11.6 Å². The van der Waals surface area contributed by atoms with Crippen LogP contribution in [0.4, 0.5) is 0 Å². The first-order valence-electron chi connectivity index (χ1n) is 11.3. The number of nitrogens with zero attached hydrogens (tertiary/aromatic N) is 2. The average Bonchev–Trinajstić information content (AvgIpc) is 2.73. The van der Waals surface area contributed by atoms with Crippen LogP contribution in [0.15, 0.2) is 24.5 Å². The van der Waals surface area contributed by atoms with Crippen LogP contribution in [0.25, 0.3) is 11.0 Å². The van der Waals surface area contributed by atoms with Crippen molar-refractivity contribution < 1.29 is 4.74 Å². The minimum atomic E-state index is 0.329. The van der Waals surface area contributed by atoms with E-state index in [0.29, 0.717) is 12.0 Å². The predicted molar refractivity (Wildman–Crippen MR) is 125 cm³/mol. The zero-order valence-electron chi connectivity index (χ0n) is 16.9. The van der Waals surface area contributed by atoms with E-state index in [1.165, 1.54) is 76.2 Å². The van der Waals surface area contributed by atoms with Crippen molar-refractivity contribution in [1.82, 2.24) is 9.97 Å². The van der Waals surface area contributed by atoms with Gasteiger partial charge in [0.2, 0.25) is 0 Å². The maximum atomic E-state index is 6.54. The summed E-state index contributed by atoms with van der Waals surface area (Å²) < 4.78 is 7.35. The van der Waals surface area contributed by atoms with E-state index >= 15 is 0 Å². The van der Waals surface area contributed by atoms with Crippen molar-refractivity contribution in [2.75, 3.05) is 0 Å². The molecule has 1 aromatic heterocycles. The van der Waals surface area contributed by atoms with Crippen LogP contribution in [0.1, 0.15) is 95.0 Å². The molecule has 0 radical (unpaired) electrons. The van der Waals surface area contributed by atoms with E-state index in [4.69, 9.17) is 4.74 Å². The summed E-state index contributed by atoms with van der Waals surface area (Å²) in [6.07, 6.45) is 21.1. The molecule has 0 amide bonds. The minimum absolute atomic E-state index is 0.329. The van der Waals surface area contributed by atoms with Crippen LogP contribution in [-0.4, -0.2) is 20.0 Å². The number of halogens is 1. The van der Waals surface area contributed by atoms with E-state index < -0.39 is 0 Å². The van der Waals surface area contributed by atoms with Crippen molar-refractivity contribution in [3.63, 3.8) is 0 Å². The molecule has 0 saturated heterocycles. The number of alkyl halides is 1. The van der Waals surface area contributed by atoms with E-state index in [-0.39, 0.29) is 0 Å². The Kier molecular flexibility index (Phi) is 7.43. The highest BCUT2D eigenvalue weighted by Crippen LogP contribution is 2.36. The highest BCUT2D eigenvalue weighted by Gasteiger charge is 2.23. The normalized spacial score (nSPS) is 25.5. The van der Waals surface area contributed by atoms with E-state index in [9.17, 15) is 0 Å². The number of rotatable bonds is 3. The maximum Gasteiger partial charge on any atom is 0.147 e. The van der Waals surface area contributed by atoms with Crippen molar-refractivity contribution in [2.24, 2.45) is 0 Å². The lowest BCUT2D eigenvalue weighted by Gasteiger charge is -2.27. The third-order valence-corrected chi connectivity index (χ3v) is 7.78. The minimum Gasteiger partial charge on any atom is -0.488 e. The first-order chi connectivity index (χ1) is 13.8. The molecule has 0 spiro atoms. The standard InChI is InChI=1S/C24H33IN2O/c25-20-10-12-21(13-11-20)28-23-17-19(16-22-24(23)27-15-14-26-22)18-8-6-4-2-1-3-5-7-9-18/h14-18,20-21H,1-13H2/t20-,21+. The van der Waals surface area contributed by atoms with E-state index in [1.54, 1.807) is 6.20 Å². The lowest BCUT2D eigenvalue weighted by atomic mass is 9.86. The Morgan fingerprint density at radius 3 is 2.11 bits per heavy atom. The molecule has 4 rings (SSSR count). The lowest BCUT2D eigenvalue weighted by Crippen LogP contribution is -2.24. The Bertz CT molecular complexity index is 747. The van der Waals surface area contributed by atoms with Gasteiger partial charge >= 0.3 is 0 Å². The van der Waals surface area contributed by atoms with Crippen LogP contribution >= 0.6 is 22.6 Å². The fraction of sp³-hybridized carbons (Fsp3) is 0.667. The van der Waals surface area contributed by atoms with Gasteiger partial charge in [-0.05, 0) is 62.1 Å². The first kappa shape index (κ1) is 20.4. The van der Waals surface area contributed by atoms with Gasteiger partial charge in [-0.1, -0.05) is 67.5 Å². The summed E-state index contributed by atoms with van der Waals surface area (Å²) in [7, 11) is 0. The second-order valence-electron chi connectivity index (χ2n) is 8.68. The zero-order valence-corrected chi connectivity index (χ0v) is 19.1. The molecule has 2 aliphatic carbocycles. The van der Waals surface area contributed by atoms with Gasteiger partial charge in [0, 0.05) is 16.3 Å². The molecule has 2 fully saturated rings. The molecule has 0 aliphatic heterocycles. The fourth-order valence-corrected chi connectivity index (χ4v) is 5.57. The summed E-state index contributed by atoms with van der Waals surface area (Å²) in [6.45, 7) is 0. The summed E-state index contributed by atoms with van der Waals surface area (Å²) in [4.78, 5) is 9.25. The van der Waals surface area contributed by atoms with Crippen LogP contribution < -0.4 is 4.74 Å². The molecule has 4 heteroatoms. The molecular formula is C24H33IN2O. The zero-order chi connectivity index (χ0) is 19.2. The second-order valence-corrected chi connectivity index (χ2v) is 10.4. The van der Waals surface area contributed by atoms with Gasteiger partial charge in [0.25, 0.3) is 0 Å². The summed E-state index contributed by atoms with van der Waals surface area (Å²) in [5.41, 5.74) is 3.35. The van der Waals surface area contributed by atoms with Gasteiger partial charge in [-0.3, -0.25) is 4.98 Å². The third kappa shape index (κ3) is 5.37. The molecule has 2 aromatic rings. The maximum absolute atomic E-state index is 6.54. The van der Waals surface area contributed by atoms with Crippen LogP contribution in [0.5, 0.6) is 5.75 Å². The van der Waals surface area contributed by atoms with Gasteiger partial charge in [-0.15, -0.1) is 0 Å². The van der Waals surface area contributed by atoms with Crippen molar-refractivity contribution in [1.29, 1.82) is 0 Å². The van der Waals surface area contributed by atoms with Crippen LogP contribution in [0.3, 0.4) is 0 Å². The molecule has 2 saturated carbocycles. The Balaban J connectivity index is 1.59. The number of aromatic nitrogens is 2. The highest BCUT2D eigenvalue weighted by atomic mass is 127. The molecule has 0 unspecified atom stereocenters. The highest BCUT2D eigenvalue weighted by molar-refractivity contribution is 14.1. The quantitative estimate of drug-likeness (QED) is 0.332. The van der Waals surface area contributed by atoms with Crippen molar-refractivity contribution in [2.45, 2.75) is 99.4 Å². The van der Waals surface area contributed by atoms with Gasteiger partial charge in [-0.25, -0.2) is 4.98 Å². The Morgan fingerprint density at radius 2 is 1.39 bits per heavy atom. The first-order valence-corrected chi connectivity index (χ1v) is 12.6. The topological polar surface area (TPSA) is 35.0 Å². The van der Waals surface area contributed by atoms with E-state index in [2.05, 4.69) is 44.7 Å². The van der Waals surface area contributed by atoms with Gasteiger partial charge in [0.1, 0.15) is 11.3 Å². The SMILES string of the molecule is I[C@H]1CC[C@@H](Oc2cc(C3CCCCCCCCC3)cc3nccnc23)CC1. The fourth-order valence-electron chi connectivity index (χ4n) is 4.85. The van der Waals surface area contributed by atoms with Crippen LogP contribution in [-0.2, 0) is 0 Å². The molecule has 0 bridgehead atoms. The van der Waals surface area contributed by atoms with Gasteiger partial charge < -0.3 is 4.74 Å². The predicted octanol–water partition coefficient (Wildman–Crippen LogP) is 7.36. The number of ether oxygens (including phenoxy) is 1. The summed E-state index contributed by atoms with van der Waals surface area (Å²) in [6, 6.07) is 4.59. The molecule has 1 heterocycles. The summed E-state index contributed by atoms with van der Waals surface area (Å²) in [5, 5.41) is 0. The molecule has 1 aromatic carbocycles. The lowest BCUT2D eigenvalue weighted by molar-refractivity contribution is 0.160.